The summed E-state index contributed by atoms with van der Waals surface area (Å²) in [5.74, 6) is 1.08. The number of hydrogen-bond donors (Lipinski definition) is 0. The van der Waals surface area contributed by atoms with Crippen LogP contribution in [-0.4, -0.2) is 42.7 Å². The minimum atomic E-state index is 0.497. The summed E-state index contributed by atoms with van der Waals surface area (Å²) in [7, 11) is 0. The van der Waals surface area contributed by atoms with Gasteiger partial charge in [0.05, 0.1) is 13.2 Å². The van der Waals surface area contributed by atoms with E-state index in [1.165, 1.54) is 30.5 Å². The van der Waals surface area contributed by atoms with Gasteiger partial charge in [0.1, 0.15) is 5.82 Å². The summed E-state index contributed by atoms with van der Waals surface area (Å²) >= 11 is 0. The van der Waals surface area contributed by atoms with Crippen LogP contribution in [0, 0.1) is 0 Å². The van der Waals surface area contributed by atoms with Crippen molar-refractivity contribution < 1.29 is 4.74 Å². The van der Waals surface area contributed by atoms with E-state index in [2.05, 4.69) is 58.5 Å². The molecule has 2 aromatic rings. The molecule has 0 radical (unpaired) electrons. The first-order valence-electron chi connectivity index (χ1n) is 8.97. The molecule has 1 aromatic carbocycles. The molecule has 2 saturated heterocycles. The van der Waals surface area contributed by atoms with Gasteiger partial charge in [-0.25, -0.2) is 4.98 Å². The van der Waals surface area contributed by atoms with E-state index in [0.29, 0.717) is 6.04 Å². The largest absolute Gasteiger partial charge is 0.378 e. The summed E-state index contributed by atoms with van der Waals surface area (Å²) in [5.41, 5.74) is 2.74. The minimum Gasteiger partial charge on any atom is -0.378 e. The first-order chi connectivity index (χ1) is 11.9. The number of anilines is 1. The van der Waals surface area contributed by atoms with Crippen LogP contribution in [0.2, 0.25) is 0 Å². The normalized spacial score (nSPS) is 22.0. The third-order valence-electron chi connectivity index (χ3n) is 5.08. The highest BCUT2D eigenvalue weighted by atomic mass is 16.5. The lowest BCUT2D eigenvalue weighted by Crippen LogP contribution is -2.36. The summed E-state index contributed by atoms with van der Waals surface area (Å²) in [6, 6.07) is 15.7. The molecule has 0 bridgehead atoms. The van der Waals surface area contributed by atoms with Crippen LogP contribution >= 0.6 is 0 Å². The topological polar surface area (TPSA) is 28.6 Å². The Bertz CT molecular complexity index is 638. The quantitative estimate of drug-likeness (QED) is 0.863. The number of hydrogen-bond acceptors (Lipinski definition) is 4. The summed E-state index contributed by atoms with van der Waals surface area (Å²) in [6.45, 7) is 5.68. The minimum absolute atomic E-state index is 0.497. The Balaban J connectivity index is 1.46. The monoisotopic (exact) mass is 323 g/mol. The first kappa shape index (κ1) is 15.6. The Morgan fingerprint density at radius 3 is 2.58 bits per heavy atom. The van der Waals surface area contributed by atoms with E-state index in [1.807, 2.05) is 0 Å². The summed E-state index contributed by atoms with van der Waals surface area (Å²) in [6.07, 6.45) is 4.58. The predicted octanol–water partition coefficient (Wildman–Crippen LogP) is 3.26. The van der Waals surface area contributed by atoms with E-state index >= 15 is 0 Å². The van der Waals surface area contributed by atoms with Gasteiger partial charge in [0, 0.05) is 31.9 Å². The van der Waals surface area contributed by atoms with Crippen LogP contribution in [0.4, 0.5) is 5.82 Å². The van der Waals surface area contributed by atoms with Gasteiger partial charge in [-0.1, -0.05) is 36.4 Å². The van der Waals surface area contributed by atoms with Crippen LogP contribution in [0.5, 0.6) is 0 Å². The molecule has 0 saturated carbocycles. The van der Waals surface area contributed by atoms with Gasteiger partial charge in [-0.05, 0) is 36.6 Å². The molecule has 0 amide bonds. The van der Waals surface area contributed by atoms with Crippen molar-refractivity contribution in [3.8, 4) is 0 Å². The van der Waals surface area contributed by atoms with Crippen LogP contribution in [0.1, 0.15) is 30.0 Å². The molecule has 1 aromatic heterocycles. The molecule has 2 aliphatic rings. The van der Waals surface area contributed by atoms with Gasteiger partial charge < -0.3 is 9.64 Å². The Hall–Kier alpha value is -1.91. The van der Waals surface area contributed by atoms with Gasteiger partial charge in [0.15, 0.2) is 0 Å². The maximum Gasteiger partial charge on any atom is 0.128 e. The molecule has 0 N–H and O–H groups in total. The number of ether oxygens (including phenoxy) is 1. The van der Waals surface area contributed by atoms with Crippen molar-refractivity contribution in [3.05, 3.63) is 59.8 Å². The van der Waals surface area contributed by atoms with Gasteiger partial charge >= 0.3 is 0 Å². The predicted molar refractivity (Wildman–Crippen MR) is 96.1 cm³/mol. The van der Waals surface area contributed by atoms with Crippen LogP contribution in [0.3, 0.4) is 0 Å². The zero-order chi connectivity index (χ0) is 16.2. The van der Waals surface area contributed by atoms with Crippen molar-refractivity contribution in [3.63, 3.8) is 0 Å². The molecular weight excluding hydrogens is 298 g/mol. The van der Waals surface area contributed by atoms with Crippen molar-refractivity contribution in [2.75, 3.05) is 37.7 Å². The van der Waals surface area contributed by atoms with Crippen molar-refractivity contribution in [2.45, 2.75) is 25.4 Å². The molecule has 2 aliphatic heterocycles. The summed E-state index contributed by atoms with van der Waals surface area (Å²) in [5, 5.41) is 0. The molecule has 1 unspecified atom stereocenters. The number of benzene rings is 1. The molecule has 4 heteroatoms. The molecule has 4 rings (SSSR count). The van der Waals surface area contributed by atoms with Gasteiger partial charge in [0.2, 0.25) is 0 Å². The molecule has 2 fully saturated rings. The van der Waals surface area contributed by atoms with Crippen LogP contribution in [-0.2, 0) is 11.3 Å². The van der Waals surface area contributed by atoms with Crippen molar-refractivity contribution in [1.29, 1.82) is 0 Å². The number of rotatable bonds is 4. The molecule has 126 valence electrons. The second-order valence-corrected chi connectivity index (χ2v) is 6.66. The number of morpholine rings is 1. The SMILES string of the molecule is c1ccc(CN2CCCC2c2ccc(N3CCOCC3)nc2)cc1. The Morgan fingerprint density at radius 2 is 1.83 bits per heavy atom. The average molecular weight is 323 g/mol. The molecule has 24 heavy (non-hydrogen) atoms. The zero-order valence-electron chi connectivity index (χ0n) is 14.1. The fraction of sp³-hybridized carbons (Fsp3) is 0.450. The maximum absolute atomic E-state index is 5.42. The van der Waals surface area contributed by atoms with Gasteiger partial charge in [-0.15, -0.1) is 0 Å². The molecule has 0 aliphatic carbocycles. The summed E-state index contributed by atoms with van der Waals surface area (Å²) in [4.78, 5) is 9.63. The van der Waals surface area contributed by atoms with E-state index in [1.54, 1.807) is 0 Å². The fourth-order valence-electron chi connectivity index (χ4n) is 3.78. The second kappa shape index (κ2) is 7.32. The van der Waals surface area contributed by atoms with Gasteiger partial charge in [0.25, 0.3) is 0 Å². The Kier molecular flexibility index (Phi) is 4.76. The lowest BCUT2D eigenvalue weighted by atomic mass is 10.1. The first-order valence-corrected chi connectivity index (χ1v) is 8.97. The van der Waals surface area contributed by atoms with Crippen LogP contribution < -0.4 is 4.90 Å². The average Bonchev–Trinajstić information content (AvgIpc) is 3.11. The lowest BCUT2D eigenvalue weighted by molar-refractivity contribution is 0.122. The highest BCUT2D eigenvalue weighted by Gasteiger charge is 2.26. The van der Waals surface area contributed by atoms with Gasteiger partial charge in [-0.2, -0.15) is 0 Å². The van der Waals surface area contributed by atoms with E-state index in [-0.39, 0.29) is 0 Å². The van der Waals surface area contributed by atoms with E-state index < -0.39 is 0 Å². The van der Waals surface area contributed by atoms with Crippen molar-refractivity contribution >= 4 is 5.82 Å². The number of pyridine rings is 1. The van der Waals surface area contributed by atoms with Crippen LogP contribution in [0.15, 0.2) is 48.7 Å². The standard InChI is InChI=1S/C20H25N3O/c1-2-5-17(6-3-1)16-23-10-4-7-19(23)18-8-9-20(21-15-18)22-11-13-24-14-12-22/h1-3,5-6,8-9,15,19H,4,7,10-14,16H2. The molecule has 1 atom stereocenters. The highest BCUT2D eigenvalue weighted by molar-refractivity contribution is 5.40. The number of likely N-dealkylation sites (tertiary alicyclic amines) is 1. The molecular formula is C20H25N3O. The zero-order valence-corrected chi connectivity index (χ0v) is 14.1. The lowest BCUT2D eigenvalue weighted by Gasteiger charge is -2.29. The van der Waals surface area contributed by atoms with Gasteiger partial charge in [-0.3, -0.25) is 4.90 Å². The Labute approximate surface area is 144 Å². The van der Waals surface area contributed by atoms with Crippen molar-refractivity contribution in [2.24, 2.45) is 0 Å². The molecule has 0 spiro atoms. The maximum atomic E-state index is 5.42. The van der Waals surface area contributed by atoms with E-state index in [4.69, 9.17) is 9.72 Å². The number of aromatic nitrogens is 1. The highest BCUT2D eigenvalue weighted by Crippen LogP contribution is 2.33. The Morgan fingerprint density at radius 1 is 1.00 bits per heavy atom. The molecule has 3 heterocycles. The summed E-state index contributed by atoms with van der Waals surface area (Å²) < 4.78 is 5.42. The van der Waals surface area contributed by atoms with Crippen molar-refractivity contribution in [1.82, 2.24) is 9.88 Å². The third kappa shape index (κ3) is 3.45. The smallest absolute Gasteiger partial charge is 0.128 e. The second-order valence-electron chi connectivity index (χ2n) is 6.66. The van der Waals surface area contributed by atoms with Crippen LogP contribution in [0.25, 0.3) is 0 Å². The fourth-order valence-corrected chi connectivity index (χ4v) is 3.78. The van der Waals surface area contributed by atoms with E-state index in [9.17, 15) is 0 Å². The number of nitrogens with zero attached hydrogens (tertiary/aromatic N) is 3. The molecule has 4 nitrogen and oxygen atoms in total. The van der Waals surface area contributed by atoms with E-state index in [0.717, 1.165) is 38.7 Å². The third-order valence-corrected chi connectivity index (χ3v) is 5.08.